The van der Waals surface area contributed by atoms with Crippen molar-refractivity contribution in [2.75, 3.05) is 58.3 Å². The summed E-state index contributed by atoms with van der Waals surface area (Å²) in [7, 11) is 3.82. The van der Waals surface area contributed by atoms with E-state index in [0.717, 1.165) is 68.6 Å². The van der Waals surface area contributed by atoms with Crippen LogP contribution in [0, 0.1) is 11.3 Å². The van der Waals surface area contributed by atoms with Crippen LogP contribution in [-0.2, 0) is 19.5 Å². The van der Waals surface area contributed by atoms with Crippen molar-refractivity contribution in [3.8, 4) is 12.1 Å². The van der Waals surface area contributed by atoms with Crippen molar-refractivity contribution in [2.45, 2.75) is 58.2 Å². The molecule has 2 aromatic rings. The highest BCUT2D eigenvalue weighted by Gasteiger charge is 2.35. The van der Waals surface area contributed by atoms with Crippen LogP contribution in [-0.4, -0.2) is 73.2 Å². The fourth-order valence-electron chi connectivity index (χ4n) is 5.73. The second-order valence-electron chi connectivity index (χ2n) is 10.1. The van der Waals surface area contributed by atoms with Gasteiger partial charge in [0.1, 0.15) is 5.82 Å². The van der Waals surface area contributed by atoms with E-state index in [2.05, 4.69) is 39.2 Å². The average Bonchev–Trinajstić information content (AvgIpc) is 3.58. The molecule has 1 unspecified atom stereocenters. The van der Waals surface area contributed by atoms with E-state index in [9.17, 15) is 0 Å². The van der Waals surface area contributed by atoms with E-state index >= 15 is 0 Å². The molecule has 0 saturated carbocycles. The Labute approximate surface area is 226 Å². The molecule has 6 rings (SSSR count). The minimum Gasteiger partial charge on any atom is -0.467 e. The van der Waals surface area contributed by atoms with Crippen molar-refractivity contribution in [3.05, 3.63) is 45.6 Å². The lowest BCUT2D eigenvalue weighted by atomic mass is 9.87. The Bertz CT molecular complexity index is 1080. The van der Waals surface area contributed by atoms with Crippen molar-refractivity contribution < 1.29 is 4.74 Å². The molecule has 8 nitrogen and oxygen atoms in total. The fourth-order valence-corrected chi connectivity index (χ4v) is 6.05. The Balaban J connectivity index is 0.000000305. The number of benzene rings is 1. The SMILES string of the molecule is CC#N.CN1CCCC1.COc1nc2c(c(N3CCNCC3)n1)CN(C1CCCc3cccc(Cl)c31)C2. The van der Waals surface area contributed by atoms with E-state index in [1.165, 1.54) is 56.0 Å². The number of aromatic nitrogens is 2. The number of anilines is 1. The lowest BCUT2D eigenvalue weighted by Crippen LogP contribution is -2.44. The molecule has 0 radical (unpaired) electrons. The summed E-state index contributed by atoms with van der Waals surface area (Å²) < 4.78 is 5.42. The van der Waals surface area contributed by atoms with E-state index in [0.29, 0.717) is 12.1 Å². The van der Waals surface area contributed by atoms with E-state index in [1.807, 2.05) is 6.07 Å². The van der Waals surface area contributed by atoms with Crippen LogP contribution in [0.2, 0.25) is 5.02 Å². The summed E-state index contributed by atoms with van der Waals surface area (Å²) in [6.45, 7) is 9.65. The molecule has 0 bridgehead atoms. The van der Waals surface area contributed by atoms with Gasteiger partial charge in [-0.05, 0) is 69.4 Å². The van der Waals surface area contributed by atoms with Gasteiger partial charge < -0.3 is 19.9 Å². The topological polar surface area (TPSA) is 80.5 Å². The number of hydrogen-bond acceptors (Lipinski definition) is 8. The number of halogens is 1. The molecular weight excluding hydrogens is 486 g/mol. The van der Waals surface area contributed by atoms with E-state index in [-0.39, 0.29) is 0 Å². The third-order valence-corrected chi connectivity index (χ3v) is 7.86. The highest BCUT2D eigenvalue weighted by molar-refractivity contribution is 6.31. The third-order valence-electron chi connectivity index (χ3n) is 7.53. The minimum atomic E-state index is 0.341. The van der Waals surface area contributed by atoms with E-state index < -0.39 is 0 Å². The van der Waals surface area contributed by atoms with Gasteiger partial charge in [0.2, 0.25) is 0 Å². The van der Waals surface area contributed by atoms with Crippen molar-refractivity contribution in [3.63, 3.8) is 0 Å². The molecule has 1 aromatic carbocycles. The Morgan fingerprint density at radius 1 is 1.08 bits per heavy atom. The first kappa shape index (κ1) is 27.6. The maximum atomic E-state index is 7.32. The molecule has 1 aromatic heterocycles. The lowest BCUT2D eigenvalue weighted by molar-refractivity contribution is 0.179. The molecule has 1 aliphatic carbocycles. The molecule has 1 N–H and O–H groups in total. The number of methoxy groups -OCH3 is 1. The molecule has 3 aliphatic heterocycles. The van der Waals surface area contributed by atoms with Crippen LogP contribution >= 0.6 is 11.6 Å². The summed E-state index contributed by atoms with van der Waals surface area (Å²) in [6.07, 6.45) is 6.28. The second kappa shape index (κ2) is 13.4. The molecule has 2 fully saturated rings. The zero-order chi connectivity index (χ0) is 26.2. The van der Waals surface area contributed by atoms with Gasteiger partial charge in [0.15, 0.2) is 0 Å². The summed E-state index contributed by atoms with van der Waals surface area (Å²) in [5.41, 5.74) is 5.05. The average molecular weight is 526 g/mol. The number of ether oxygens (including phenoxy) is 1. The Hall–Kier alpha value is -2.44. The minimum absolute atomic E-state index is 0.341. The van der Waals surface area contributed by atoms with Crippen molar-refractivity contribution in [1.29, 1.82) is 5.26 Å². The maximum absolute atomic E-state index is 7.32. The zero-order valence-electron chi connectivity index (χ0n) is 22.5. The van der Waals surface area contributed by atoms with Crippen molar-refractivity contribution in [1.82, 2.24) is 25.1 Å². The molecule has 2 saturated heterocycles. The predicted molar refractivity (Wildman–Crippen MR) is 148 cm³/mol. The number of hydrogen-bond donors (Lipinski definition) is 1. The van der Waals surface area contributed by atoms with Gasteiger partial charge in [0.05, 0.1) is 18.9 Å². The monoisotopic (exact) mass is 525 g/mol. The first-order valence-electron chi connectivity index (χ1n) is 13.5. The summed E-state index contributed by atoms with van der Waals surface area (Å²) in [5.74, 6) is 1.04. The van der Waals surface area contributed by atoms with Crippen LogP contribution in [0.3, 0.4) is 0 Å². The van der Waals surface area contributed by atoms with E-state index in [1.54, 1.807) is 13.2 Å². The highest BCUT2D eigenvalue weighted by Crippen LogP contribution is 2.43. The fraction of sp³-hybridized carbons (Fsp3) is 0.607. The molecule has 37 heavy (non-hydrogen) atoms. The van der Waals surface area contributed by atoms with Crippen molar-refractivity contribution >= 4 is 17.4 Å². The van der Waals surface area contributed by atoms with Gasteiger partial charge in [-0.3, -0.25) is 4.90 Å². The normalized spacial score (nSPS) is 21.1. The largest absolute Gasteiger partial charge is 0.467 e. The molecule has 9 heteroatoms. The Morgan fingerprint density at radius 2 is 1.81 bits per heavy atom. The van der Waals surface area contributed by atoms with Crippen molar-refractivity contribution in [2.24, 2.45) is 0 Å². The molecule has 1 atom stereocenters. The molecule has 0 spiro atoms. The van der Waals surface area contributed by atoms with Crippen LogP contribution in [0.1, 0.15) is 61.0 Å². The molecule has 0 amide bonds. The second-order valence-corrected chi connectivity index (χ2v) is 10.5. The number of nitrogens with one attached hydrogen (secondary N) is 1. The standard InChI is InChI=1S/C21H26ClN5O.C5H11N.C2H3N/c1-28-21-24-17-13-27(12-15(17)20(25-21)26-10-8-23-9-11-26)18-7-3-5-14-4-2-6-16(22)19(14)18;1-6-4-2-3-5-6;1-2-3/h2,4,6,18,23H,3,5,7-13H2,1H3;2-5H2,1H3;1H3. The predicted octanol–water partition coefficient (Wildman–Crippen LogP) is 4.18. The summed E-state index contributed by atoms with van der Waals surface area (Å²) in [4.78, 5) is 16.7. The van der Waals surface area contributed by atoms with Gasteiger partial charge in [0.25, 0.3) is 0 Å². The van der Waals surface area contributed by atoms with Gasteiger partial charge in [-0.2, -0.15) is 15.2 Å². The number of nitriles is 1. The number of piperazine rings is 1. The number of nitrogens with zero attached hydrogens (tertiary/aromatic N) is 6. The first-order valence-corrected chi connectivity index (χ1v) is 13.8. The number of likely N-dealkylation sites (tertiary alicyclic amines) is 1. The smallest absolute Gasteiger partial charge is 0.318 e. The lowest BCUT2D eigenvalue weighted by Gasteiger charge is -2.34. The van der Waals surface area contributed by atoms with Crippen LogP contribution in [0.5, 0.6) is 6.01 Å². The molecule has 4 heterocycles. The Morgan fingerprint density at radius 3 is 2.46 bits per heavy atom. The summed E-state index contributed by atoms with van der Waals surface area (Å²) in [5, 5.41) is 11.6. The quantitative estimate of drug-likeness (QED) is 0.639. The number of rotatable bonds is 3. The van der Waals surface area contributed by atoms with Crippen LogP contribution < -0.4 is 15.0 Å². The molecule has 200 valence electrons. The summed E-state index contributed by atoms with van der Waals surface area (Å²) >= 11 is 6.64. The maximum Gasteiger partial charge on any atom is 0.318 e. The van der Waals surface area contributed by atoms with Gasteiger partial charge in [-0.1, -0.05) is 23.7 Å². The van der Waals surface area contributed by atoms with Crippen LogP contribution in [0.15, 0.2) is 18.2 Å². The zero-order valence-corrected chi connectivity index (χ0v) is 23.2. The van der Waals surface area contributed by atoms with Gasteiger partial charge in [-0.15, -0.1) is 0 Å². The van der Waals surface area contributed by atoms with Gasteiger partial charge in [0, 0.05) is 62.8 Å². The first-order chi connectivity index (χ1) is 18.0. The van der Waals surface area contributed by atoms with Gasteiger partial charge >= 0.3 is 6.01 Å². The Kier molecular flexibility index (Phi) is 9.98. The number of fused-ring (bicyclic) bond motifs is 2. The molecule has 4 aliphatic rings. The highest BCUT2D eigenvalue weighted by atomic mass is 35.5. The molecular formula is C28H40ClN7O. The summed E-state index contributed by atoms with van der Waals surface area (Å²) in [6, 6.07) is 8.88. The van der Waals surface area contributed by atoms with Gasteiger partial charge in [-0.25, -0.2) is 0 Å². The van der Waals surface area contributed by atoms with Crippen LogP contribution in [0.4, 0.5) is 5.82 Å². The van der Waals surface area contributed by atoms with Crippen LogP contribution in [0.25, 0.3) is 0 Å². The van der Waals surface area contributed by atoms with E-state index in [4.69, 9.17) is 31.6 Å². The third kappa shape index (κ3) is 6.71. The number of aryl methyl sites for hydroxylation is 1.